The van der Waals surface area contributed by atoms with Crippen LogP contribution in [0, 0.1) is 17.1 Å². The Kier molecular flexibility index (Phi) is 11.0. The number of ether oxygens (including phenoxy) is 3. The highest BCUT2D eigenvalue weighted by Crippen LogP contribution is 2.26. The van der Waals surface area contributed by atoms with E-state index in [9.17, 15) is 14.0 Å². The zero-order valence-electron chi connectivity index (χ0n) is 26.2. The van der Waals surface area contributed by atoms with Crippen molar-refractivity contribution >= 4 is 23.3 Å². The van der Waals surface area contributed by atoms with Crippen LogP contribution < -0.4 is 20.1 Å². The monoisotopic (exact) mass is 641 g/mol. The molecule has 244 valence electrons. The highest BCUT2D eigenvalue weighted by molar-refractivity contribution is 5.98. The molecule has 0 bridgehead atoms. The molecule has 1 fully saturated rings. The molecule has 0 radical (unpaired) electrons. The van der Waals surface area contributed by atoms with E-state index in [4.69, 9.17) is 19.5 Å². The van der Waals surface area contributed by atoms with Gasteiger partial charge in [-0.2, -0.15) is 5.26 Å². The van der Waals surface area contributed by atoms with Crippen molar-refractivity contribution in [3.8, 4) is 17.7 Å². The fraction of sp³-hybridized carbons (Fsp3) is 0.324. The van der Waals surface area contributed by atoms with Crippen molar-refractivity contribution in [3.05, 3.63) is 95.5 Å². The first-order chi connectivity index (χ1) is 22.8. The topological polar surface area (TPSA) is 144 Å². The largest absolute Gasteiger partial charge is 0.484 e. The number of piperidine rings is 1. The van der Waals surface area contributed by atoms with Gasteiger partial charge < -0.3 is 29.4 Å². The Balaban J connectivity index is 1.12. The van der Waals surface area contributed by atoms with Gasteiger partial charge in [-0.1, -0.05) is 6.07 Å². The van der Waals surface area contributed by atoms with Gasteiger partial charge in [0.25, 0.3) is 0 Å². The Labute approximate surface area is 272 Å². The van der Waals surface area contributed by atoms with Crippen molar-refractivity contribution in [1.82, 2.24) is 19.4 Å². The number of halogens is 1. The number of amides is 1. The van der Waals surface area contributed by atoms with Crippen LogP contribution in [0.3, 0.4) is 0 Å². The second kappa shape index (κ2) is 15.7. The predicted octanol–water partition coefficient (Wildman–Crippen LogP) is 4.77. The number of pyridine rings is 1. The first-order valence-electron chi connectivity index (χ1n) is 15.3. The zero-order valence-corrected chi connectivity index (χ0v) is 26.2. The summed E-state index contributed by atoms with van der Waals surface area (Å²) in [4.78, 5) is 36.0. The number of esters is 1. The summed E-state index contributed by atoms with van der Waals surface area (Å²) in [6, 6.07) is 16.2. The average Bonchev–Trinajstić information content (AvgIpc) is 3.55. The van der Waals surface area contributed by atoms with E-state index >= 15 is 0 Å². The van der Waals surface area contributed by atoms with E-state index in [1.54, 1.807) is 48.9 Å². The number of carbonyl (C=O) groups excluding carboxylic acids is 2. The lowest BCUT2D eigenvalue weighted by atomic mass is 10.1. The van der Waals surface area contributed by atoms with Crippen LogP contribution in [-0.4, -0.2) is 64.2 Å². The molecule has 1 aliphatic heterocycles. The minimum atomic E-state index is -0.610. The summed E-state index contributed by atoms with van der Waals surface area (Å²) >= 11 is 0. The second-order valence-corrected chi connectivity index (χ2v) is 10.9. The molecular weight excluding hydrogens is 605 g/mol. The van der Waals surface area contributed by atoms with Gasteiger partial charge in [0, 0.05) is 31.9 Å². The predicted molar refractivity (Wildman–Crippen MR) is 171 cm³/mol. The van der Waals surface area contributed by atoms with Gasteiger partial charge in [0.05, 0.1) is 66.5 Å². The van der Waals surface area contributed by atoms with Gasteiger partial charge in [-0.15, -0.1) is 0 Å². The molecule has 0 spiro atoms. The molecule has 4 aromatic rings. The number of methoxy groups -OCH3 is 1. The van der Waals surface area contributed by atoms with Gasteiger partial charge in [-0.05, 0) is 62.2 Å². The van der Waals surface area contributed by atoms with Crippen LogP contribution in [0.15, 0.2) is 67.1 Å². The van der Waals surface area contributed by atoms with Crippen molar-refractivity contribution in [2.24, 2.45) is 0 Å². The molecule has 2 N–H and O–H groups in total. The van der Waals surface area contributed by atoms with Crippen LogP contribution in [0.5, 0.6) is 11.6 Å². The lowest BCUT2D eigenvalue weighted by Crippen LogP contribution is -2.42. The smallest absolute Gasteiger partial charge is 0.337 e. The molecule has 2 aromatic heterocycles. The minimum absolute atomic E-state index is 0.0411. The molecule has 3 heterocycles. The zero-order chi connectivity index (χ0) is 33.2. The third-order valence-corrected chi connectivity index (χ3v) is 7.72. The Morgan fingerprint density at radius 2 is 1.94 bits per heavy atom. The number of anilines is 2. The molecular formula is C34H36FN7O5. The Bertz CT molecular complexity index is 1750. The van der Waals surface area contributed by atoms with E-state index in [1.165, 1.54) is 19.2 Å². The standard InChI is InChI=1S/C34H36FN7O5/c1-3-42-22-37-18-26(42)19-38-30-16-24(34(44)45-2)8-9-29(30)40-32(43)20-41-13-11-27(12-14-41)47-33-6-4-5-25(39-33)21-46-31-10-7-23(17-36)15-28(31)35/h4-10,15-16,18,22,27,38H,3,11-14,19-21H2,1-2H3,(H,40,43). The highest BCUT2D eigenvalue weighted by atomic mass is 19.1. The number of nitrogens with zero attached hydrogens (tertiary/aromatic N) is 5. The van der Waals surface area contributed by atoms with Crippen LogP contribution in [-0.2, 0) is 29.2 Å². The van der Waals surface area contributed by atoms with Crippen molar-refractivity contribution < 1.29 is 28.2 Å². The number of aryl methyl sites for hydroxylation is 1. The van der Waals surface area contributed by atoms with Gasteiger partial charge in [0.2, 0.25) is 11.8 Å². The number of hydrogen-bond acceptors (Lipinski definition) is 10. The normalized spacial score (nSPS) is 13.4. The number of likely N-dealkylation sites (tertiary alicyclic amines) is 1. The fourth-order valence-electron chi connectivity index (χ4n) is 5.20. The van der Waals surface area contributed by atoms with Gasteiger partial charge in [0.15, 0.2) is 11.6 Å². The quantitative estimate of drug-likeness (QED) is 0.196. The van der Waals surface area contributed by atoms with E-state index in [-0.39, 0.29) is 36.5 Å². The van der Waals surface area contributed by atoms with Crippen LogP contribution in [0.2, 0.25) is 0 Å². The number of imidazole rings is 1. The minimum Gasteiger partial charge on any atom is -0.484 e. The molecule has 1 saturated heterocycles. The lowest BCUT2D eigenvalue weighted by molar-refractivity contribution is -0.117. The van der Waals surface area contributed by atoms with Crippen molar-refractivity contribution in [3.63, 3.8) is 0 Å². The maximum absolute atomic E-state index is 14.2. The van der Waals surface area contributed by atoms with Crippen molar-refractivity contribution in [2.45, 2.75) is 45.6 Å². The number of carbonyl (C=O) groups is 2. The highest BCUT2D eigenvalue weighted by Gasteiger charge is 2.23. The molecule has 0 aliphatic carbocycles. The van der Waals surface area contributed by atoms with Crippen LogP contribution in [0.25, 0.3) is 0 Å². The molecule has 12 nitrogen and oxygen atoms in total. The van der Waals surface area contributed by atoms with E-state index < -0.39 is 11.8 Å². The lowest BCUT2D eigenvalue weighted by Gasteiger charge is -2.31. The molecule has 0 unspecified atom stereocenters. The van der Waals surface area contributed by atoms with E-state index in [0.717, 1.165) is 18.3 Å². The average molecular weight is 642 g/mol. The Morgan fingerprint density at radius 1 is 1.11 bits per heavy atom. The summed E-state index contributed by atoms with van der Waals surface area (Å²) < 4.78 is 32.7. The molecule has 13 heteroatoms. The van der Waals surface area contributed by atoms with E-state index in [1.807, 2.05) is 17.6 Å². The van der Waals surface area contributed by atoms with Crippen molar-refractivity contribution in [2.75, 3.05) is 37.4 Å². The summed E-state index contributed by atoms with van der Waals surface area (Å²) in [5.74, 6) is -0.769. The fourth-order valence-corrected chi connectivity index (χ4v) is 5.20. The number of nitrogens with one attached hydrogen (secondary N) is 2. The van der Waals surface area contributed by atoms with Gasteiger partial charge in [0.1, 0.15) is 12.7 Å². The molecule has 1 aliphatic rings. The second-order valence-electron chi connectivity index (χ2n) is 10.9. The maximum atomic E-state index is 14.2. The number of aromatic nitrogens is 3. The molecule has 0 saturated carbocycles. The van der Waals surface area contributed by atoms with Crippen LogP contribution >= 0.6 is 0 Å². The van der Waals surface area contributed by atoms with Gasteiger partial charge in [-0.3, -0.25) is 9.69 Å². The SMILES string of the molecule is CCn1cncc1CNc1cc(C(=O)OC)ccc1NC(=O)CN1CCC(Oc2cccc(COc3ccc(C#N)cc3F)n2)CC1. The van der Waals surface area contributed by atoms with Gasteiger partial charge >= 0.3 is 5.97 Å². The maximum Gasteiger partial charge on any atom is 0.337 e. The van der Waals surface area contributed by atoms with E-state index in [2.05, 4.69) is 25.5 Å². The summed E-state index contributed by atoms with van der Waals surface area (Å²) in [5, 5.41) is 15.2. The first kappa shape index (κ1) is 32.9. The Hall–Kier alpha value is -5.48. The summed E-state index contributed by atoms with van der Waals surface area (Å²) in [6.07, 6.45) is 4.86. The Morgan fingerprint density at radius 3 is 2.68 bits per heavy atom. The number of nitriles is 1. The summed E-state index contributed by atoms with van der Waals surface area (Å²) in [6.45, 7) is 4.81. The third kappa shape index (κ3) is 8.83. The molecule has 47 heavy (non-hydrogen) atoms. The van der Waals surface area contributed by atoms with Crippen LogP contribution in [0.4, 0.5) is 15.8 Å². The number of hydrogen-bond donors (Lipinski definition) is 2. The first-order valence-corrected chi connectivity index (χ1v) is 15.3. The molecule has 2 aromatic carbocycles. The van der Waals surface area contributed by atoms with Gasteiger partial charge in [-0.25, -0.2) is 19.2 Å². The molecule has 5 rings (SSSR count). The van der Waals surface area contributed by atoms with Crippen LogP contribution in [0.1, 0.15) is 47.1 Å². The van der Waals surface area contributed by atoms with Crippen molar-refractivity contribution in [1.29, 1.82) is 5.26 Å². The summed E-state index contributed by atoms with van der Waals surface area (Å²) in [7, 11) is 1.33. The molecule has 1 amide bonds. The number of benzene rings is 2. The molecule has 0 atom stereocenters. The third-order valence-electron chi connectivity index (χ3n) is 7.72. The summed E-state index contributed by atoms with van der Waals surface area (Å²) in [5.41, 5.74) is 3.28. The van der Waals surface area contributed by atoms with E-state index in [0.29, 0.717) is 61.0 Å². The number of rotatable bonds is 13.